The van der Waals surface area contributed by atoms with E-state index in [0.717, 1.165) is 34.4 Å². The number of anilines is 3. The number of nitrogens with one attached hydrogen (secondary N) is 2. The molecule has 4 heterocycles. The van der Waals surface area contributed by atoms with Crippen molar-refractivity contribution in [2.45, 2.75) is 62.7 Å². The minimum atomic E-state index is -3.93. The number of hydrogen-bond donors (Lipinski definition) is 4. The summed E-state index contributed by atoms with van der Waals surface area (Å²) in [6.45, 7) is 8.42. The van der Waals surface area contributed by atoms with Crippen molar-refractivity contribution in [1.29, 1.82) is 0 Å². The van der Waals surface area contributed by atoms with Gasteiger partial charge in [0.2, 0.25) is 0 Å². The molecule has 0 aromatic carbocycles. The monoisotopic (exact) mass is 541 g/mol. The summed E-state index contributed by atoms with van der Waals surface area (Å²) in [6, 6.07) is 1.40. The second kappa shape index (κ2) is 10.4. The quantitative estimate of drug-likeness (QED) is 0.287. The lowest BCUT2D eigenvalue weighted by molar-refractivity contribution is 0.213. The Kier molecular flexibility index (Phi) is 7.71. The minimum Gasteiger partial charge on any atom is -0.504 e. The summed E-state index contributed by atoms with van der Waals surface area (Å²) in [4.78, 5) is 0. The Labute approximate surface area is 213 Å². The molecule has 1 fully saturated rings. The molecule has 0 bridgehead atoms. The third-order valence-electron chi connectivity index (χ3n) is 6.12. The van der Waals surface area contributed by atoms with Gasteiger partial charge in [-0.2, -0.15) is 13.1 Å². The summed E-state index contributed by atoms with van der Waals surface area (Å²) in [5.74, 6) is 1.80. The van der Waals surface area contributed by atoms with Gasteiger partial charge in [0.15, 0.2) is 21.6 Å². The number of rotatable bonds is 10. The van der Waals surface area contributed by atoms with Crippen molar-refractivity contribution in [2.24, 2.45) is 5.92 Å². The zero-order valence-corrected chi connectivity index (χ0v) is 22.5. The molecule has 2 atom stereocenters. The van der Waals surface area contributed by atoms with Crippen LogP contribution in [0.15, 0.2) is 26.3 Å². The first-order chi connectivity index (χ1) is 16.6. The molecule has 0 amide bonds. The maximum Gasteiger partial charge on any atom is 0.256 e. The molecule has 35 heavy (non-hydrogen) atoms. The Hall–Kier alpha value is -2.19. The molecule has 1 unspecified atom stereocenters. The molecule has 13 heteroatoms. The highest BCUT2D eigenvalue weighted by atomic mass is 32.2. The van der Waals surface area contributed by atoms with Gasteiger partial charge < -0.3 is 25.3 Å². The van der Waals surface area contributed by atoms with E-state index in [2.05, 4.69) is 47.1 Å². The Balaban J connectivity index is 1.55. The predicted molar refractivity (Wildman–Crippen MR) is 137 cm³/mol. The van der Waals surface area contributed by atoms with Gasteiger partial charge in [-0.1, -0.05) is 27.7 Å². The van der Waals surface area contributed by atoms with Gasteiger partial charge in [0.25, 0.3) is 10.0 Å². The Morgan fingerprint density at radius 2 is 2.00 bits per heavy atom. The van der Waals surface area contributed by atoms with Gasteiger partial charge in [-0.15, -0.1) is 11.3 Å². The molecule has 1 aliphatic heterocycles. The highest BCUT2D eigenvalue weighted by Crippen LogP contribution is 2.43. The van der Waals surface area contributed by atoms with E-state index < -0.39 is 16.1 Å². The number of furan rings is 1. The van der Waals surface area contributed by atoms with Crippen LogP contribution in [-0.2, 0) is 10.0 Å². The summed E-state index contributed by atoms with van der Waals surface area (Å²) in [7, 11) is -3.93. The van der Waals surface area contributed by atoms with E-state index in [0.29, 0.717) is 36.9 Å². The summed E-state index contributed by atoms with van der Waals surface area (Å²) in [5, 5.41) is 28.3. The first-order valence-electron chi connectivity index (χ1n) is 11.5. The van der Waals surface area contributed by atoms with Crippen LogP contribution in [0.5, 0.6) is 5.75 Å². The molecule has 4 rings (SSSR count). The van der Waals surface area contributed by atoms with Gasteiger partial charge in [-0.3, -0.25) is 0 Å². The third-order valence-corrected chi connectivity index (χ3v) is 10.1. The predicted octanol–water partition coefficient (Wildman–Crippen LogP) is 4.72. The SMILES string of the molecule is CC(C)c1coc([C@H](Nc2nsnc2Nc2csc(S(=O)(=O)N3CCCC3CO)c2O)C(C)C)c1. The minimum absolute atomic E-state index is 0.157. The molecule has 10 nitrogen and oxygen atoms in total. The van der Waals surface area contributed by atoms with Crippen LogP contribution < -0.4 is 10.6 Å². The van der Waals surface area contributed by atoms with Crippen molar-refractivity contribution in [2.75, 3.05) is 23.8 Å². The van der Waals surface area contributed by atoms with Crippen molar-refractivity contribution < 1.29 is 23.0 Å². The fourth-order valence-electron chi connectivity index (χ4n) is 4.06. The zero-order valence-electron chi connectivity index (χ0n) is 20.1. The van der Waals surface area contributed by atoms with E-state index in [1.54, 1.807) is 6.26 Å². The summed E-state index contributed by atoms with van der Waals surface area (Å²) in [6.07, 6.45) is 3.03. The van der Waals surface area contributed by atoms with Crippen molar-refractivity contribution >= 4 is 50.4 Å². The molecule has 1 aliphatic rings. The number of thiophene rings is 1. The van der Waals surface area contributed by atoms with Gasteiger partial charge >= 0.3 is 0 Å². The lowest BCUT2D eigenvalue weighted by Gasteiger charge is -2.21. The molecule has 0 spiro atoms. The van der Waals surface area contributed by atoms with Crippen LogP contribution in [0.4, 0.5) is 17.3 Å². The van der Waals surface area contributed by atoms with Crippen molar-refractivity contribution in [1.82, 2.24) is 13.1 Å². The maximum atomic E-state index is 13.1. The van der Waals surface area contributed by atoms with Gasteiger partial charge in [0.05, 0.1) is 36.3 Å². The van der Waals surface area contributed by atoms with E-state index in [1.807, 2.05) is 6.07 Å². The molecule has 0 aliphatic carbocycles. The number of aromatic nitrogens is 2. The second-order valence-corrected chi connectivity index (χ2v) is 12.8. The normalized spacial score (nSPS) is 18.0. The number of aliphatic hydroxyl groups excluding tert-OH is 1. The second-order valence-electron chi connectivity index (χ2n) is 9.27. The van der Waals surface area contributed by atoms with Crippen LogP contribution >= 0.6 is 23.1 Å². The fraction of sp³-hybridized carbons (Fsp3) is 0.545. The average molecular weight is 542 g/mol. The van der Waals surface area contributed by atoms with Crippen LogP contribution in [-0.4, -0.2) is 50.9 Å². The van der Waals surface area contributed by atoms with E-state index in [4.69, 9.17) is 4.42 Å². The van der Waals surface area contributed by atoms with Gasteiger partial charge in [0, 0.05) is 18.0 Å². The smallest absolute Gasteiger partial charge is 0.256 e. The highest BCUT2D eigenvalue weighted by Gasteiger charge is 2.38. The lowest BCUT2D eigenvalue weighted by Crippen LogP contribution is -2.37. The Morgan fingerprint density at radius 1 is 1.26 bits per heavy atom. The van der Waals surface area contributed by atoms with Crippen LogP contribution in [0.25, 0.3) is 0 Å². The van der Waals surface area contributed by atoms with Crippen LogP contribution in [0, 0.1) is 5.92 Å². The molecule has 3 aromatic heterocycles. The summed E-state index contributed by atoms with van der Waals surface area (Å²) >= 11 is 1.93. The Bertz CT molecular complexity index is 1250. The zero-order chi connectivity index (χ0) is 25.3. The number of aliphatic hydroxyl groups is 1. The number of aromatic hydroxyl groups is 1. The fourth-order valence-corrected chi connectivity index (χ4v) is 7.57. The standard InChI is InChI=1S/C22H31N5O5S3/c1-12(2)14-8-17(32-10-14)18(13(3)4)24-21-20(25-34-26-21)23-16-11-33-22(19(16)29)35(30,31)27-7-5-6-15(27)9-28/h8,10-13,15,18,28-29H,5-7,9H2,1-4H3,(H,23,25)(H,24,26)/t15?,18-/m1/s1. The van der Waals surface area contributed by atoms with Gasteiger partial charge in [-0.05, 0) is 36.3 Å². The van der Waals surface area contributed by atoms with E-state index >= 15 is 0 Å². The molecule has 192 valence electrons. The Morgan fingerprint density at radius 3 is 2.66 bits per heavy atom. The van der Waals surface area contributed by atoms with Crippen LogP contribution in [0.1, 0.15) is 63.8 Å². The largest absolute Gasteiger partial charge is 0.504 e. The molecular formula is C22H31N5O5S3. The molecule has 0 radical (unpaired) electrons. The average Bonchev–Trinajstić information content (AvgIpc) is 3.60. The number of nitrogens with zero attached hydrogens (tertiary/aromatic N) is 3. The van der Waals surface area contributed by atoms with E-state index in [9.17, 15) is 18.6 Å². The summed E-state index contributed by atoms with van der Waals surface area (Å²) in [5.41, 5.74) is 1.34. The van der Waals surface area contributed by atoms with Crippen molar-refractivity contribution in [3.05, 3.63) is 29.0 Å². The number of sulfonamides is 1. The lowest BCUT2D eigenvalue weighted by atomic mass is 9.99. The first kappa shape index (κ1) is 25.9. The van der Waals surface area contributed by atoms with E-state index in [-0.39, 0.29) is 34.2 Å². The topological polar surface area (TPSA) is 141 Å². The molecular weight excluding hydrogens is 510 g/mol. The molecule has 0 saturated carbocycles. The molecule has 1 saturated heterocycles. The van der Waals surface area contributed by atoms with Crippen LogP contribution in [0.3, 0.4) is 0 Å². The van der Waals surface area contributed by atoms with Crippen molar-refractivity contribution in [3.63, 3.8) is 0 Å². The van der Waals surface area contributed by atoms with Crippen molar-refractivity contribution in [3.8, 4) is 5.75 Å². The molecule has 4 N–H and O–H groups in total. The third kappa shape index (κ3) is 5.19. The van der Waals surface area contributed by atoms with Gasteiger partial charge in [0.1, 0.15) is 5.76 Å². The maximum absolute atomic E-state index is 13.1. The molecule has 3 aromatic rings. The number of hydrogen-bond acceptors (Lipinski definition) is 11. The highest BCUT2D eigenvalue weighted by molar-refractivity contribution is 7.91. The van der Waals surface area contributed by atoms with Gasteiger partial charge in [-0.25, -0.2) is 8.42 Å². The summed E-state index contributed by atoms with van der Waals surface area (Å²) < 4.78 is 41.8. The van der Waals surface area contributed by atoms with E-state index in [1.165, 1.54) is 9.69 Å². The van der Waals surface area contributed by atoms with Crippen LogP contribution in [0.2, 0.25) is 0 Å². The first-order valence-corrected chi connectivity index (χ1v) is 14.6.